The third kappa shape index (κ3) is 7.76. The van der Waals surface area contributed by atoms with Crippen LogP contribution in [0.4, 0.5) is 0 Å². The Balaban J connectivity index is 0.000000468. The first kappa shape index (κ1) is 21.1. The summed E-state index contributed by atoms with van der Waals surface area (Å²) in [6.45, 7) is 5.09. The van der Waals surface area contributed by atoms with E-state index in [1.54, 1.807) is 20.9 Å². The smallest absolute Gasteiger partial charge is 0.323 e. The van der Waals surface area contributed by atoms with Gasteiger partial charge in [0.15, 0.2) is 0 Å². The summed E-state index contributed by atoms with van der Waals surface area (Å²) >= 11 is 0. The summed E-state index contributed by atoms with van der Waals surface area (Å²) < 4.78 is 0. The number of likely N-dealkylation sites (N-methyl/N-ethyl adjacent to an activating group) is 1. The van der Waals surface area contributed by atoms with Crippen molar-refractivity contribution in [1.29, 1.82) is 0 Å². The summed E-state index contributed by atoms with van der Waals surface area (Å²) in [7, 11) is 1.67. The van der Waals surface area contributed by atoms with Crippen LogP contribution in [-0.2, 0) is 16.0 Å². The molecule has 23 heavy (non-hydrogen) atoms. The minimum absolute atomic E-state index is 0.0324. The Labute approximate surface area is 137 Å². The number of aryl methyl sites for hydroxylation is 1. The summed E-state index contributed by atoms with van der Waals surface area (Å²) in [5.41, 5.74) is 5.49. The van der Waals surface area contributed by atoms with Gasteiger partial charge in [-0.1, -0.05) is 44.2 Å². The van der Waals surface area contributed by atoms with E-state index in [9.17, 15) is 9.59 Å². The summed E-state index contributed by atoms with van der Waals surface area (Å²) in [6.07, 6.45) is 1.41. The van der Waals surface area contributed by atoms with E-state index in [1.165, 1.54) is 12.5 Å². The number of nitrogens with two attached hydrogens (primary N) is 1. The molecular weight excluding hydrogens is 296 g/mol. The predicted molar refractivity (Wildman–Crippen MR) is 90.3 cm³/mol. The van der Waals surface area contributed by atoms with Gasteiger partial charge in [-0.15, -0.1) is 0 Å². The van der Waals surface area contributed by atoms with Crippen LogP contribution in [0.15, 0.2) is 30.3 Å². The van der Waals surface area contributed by atoms with Crippen molar-refractivity contribution < 1.29 is 19.8 Å². The number of hydrogen-bond acceptors (Lipinski definition) is 4. The SMILES string of the molecule is CC(C)[C@](C)(N)C(=O)O.CN[C@@H](CCc1ccccc1)C(=O)O. The van der Waals surface area contributed by atoms with Crippen LogP contribution in [0.3, 0.4) is 0 Å². The maximum absolute atomic E-state index is 10.7. The Hall–Kier alpha value is -1.92. The van der Waals surface area contributed by atoms with Crippen molar-refractivity contribution in [2.75, 3.05) is 7.05 Å². The molecule has 0 aliphatic heterocycles. The molecule has 0 amide bonds. The van der Waals surface area contributed by atoms with Gasteiger partial charge in [0.1, 0.15) is 11.6 Å². The lowest BCUT2D eigenvalue weighted by Crippen LogP contribution is -2.49. The standard InChI is InChI=1S/C11H15NO2.C6H13NO2/c1-12-10(11(13)14)8-7-9-5-3-2-4-6-9;1-4(2)6(3,7)5(8)9/h2-6,10,12H,7-8H2,1H3,(H,13,14);4H,7H2,1-3H3,(H,8,9)/t10-;6-/m00/s1. The van der Waals surface area contributed by atoms with Gasteiger partial charge in [0.25, 0.3) is 0 Å². The molecule has 0 spiro atoms. The van der Waals surface area contributed by atoms with Gasteiger partial charge in [-0.3, -0.25) is 9.59 Å². The summed E-state index contributed by atoms with van der Waals surface area (Å²) in [5.74, 6) is -1.77. The van der Waals surface area contributed by atoms with Crippen LogP contribution >= 0.6 is 0 Å². The normalized spacial score (nSPS) is 14.3. The topological polar surface area (TPSA) is 113 Å². The number of hydrogen-bond donors (Lipinski definition) is 4. The summed E-state index contributed by atoms with van der Waals surface area (Å²) in [6, 6.07) is 9.45. The highest BCUT2D eigenvalue weighted by Crippen LogP contribution is 2.11. The van der Waals surface area contributed by atoms with Gasteiger partial charge < -0.3 is 21.3 Å². The van der Waals surface area contributed by atoms with Crippen LogP contribution in [0.25, 0.3) is 0 Å². The monoisotopic (exact) mass is 324 g/mol. The molecule has 0 aromatic heterocycles. The Morgan fingerprint density at radius 2 is 1.74 bits per heavy atom. The number of nitrogens with one attached hydrogen (secondary N) is 1. The van der Waals surface area contributed by atoms with Crippen LogP contribution < -0.4 is 11.1 Å². The zero-order valence-corrected chi connectivity index (χ0v) is 14.2. The maximum atomic E-state index is 10.7. The van der Waals surface area contributed by atoms with Crippen molar-refractivity contribution in [2.24, 2.45) is 11.7 Å². The molecule has 0 heterocycles. The van der Waals surface area contributed by atoms with Crippen LogP contribution in [0, 0.1) is 5.92 Å². The second kappa shape index (κ2) is 9.97. The van der Waals surface area contributed by atoms with Crippen molar-refractivity contribution >= 4 is 11.9 Å². The number of benzene rings is 1. The molecule has 0 radical (unpaired) electrons. The minimum Gasteiger partial charge on any atom is -0.480 e. The zero-order valence-electron chi connectivity index (χ0n) is 14.2. The molecule has 0 saturated carbocycles. The molecule has 5 N–H and O–H groups in total. The molecule has 130 valence electrons. The molecule has 1 rings (SSSR count). The predicted octanol–water partition coefficient (Wildman–Crippen LogP) is 1.74. The first-order valence-electron chi connectivity index (χ1n) is 7.59. The highest BCUT2D eigenvalue weighted by atomic mass is 16.4. The molecule has 0 bridgehead atoms. The number of carboxylic acids is 2. The molecule has 0 fully saturated rings. The third-order valence-corrected chi connectivity index (χ3v) is 3.87. The lowest BCUT2D eigenvalue weighted by atomic mass is 9.90. The van der Waals surface area contributed by atoms with Gasteiger partial charge in [-0.2, -0.15) is 0 Å². The van der Waals surface area contributed by atoms with E-state index in [0.717, 1.165) is 6.42 Å². The van der Waals surface area contributed by atoms with Crippen LogP contribution in [0.1, 0.15) is 32.8 Å². The summed E-state index contributed by atoms with van der Waals surface area (Å²) in [5, 5.41) is 20.0. The second-order valence-electron chi connectivity index (χ2n) is 5.95. The lowest BCUT2D eigenvalue weighted by Gasteiger charge is -2.22. The van der Waals surface area contributed by atoms with Gasteiger partial charge >= 0.3 is 11.9 Å². The molecule has 0 unspecified atom stereocenters. The fourth-order valence-corrected chi connectivity index (χ4v) is 1.59. The third-order valence-electron chi connectivity index (χ3n) is 3.87. The number of rotatable bonds is 7. The molecule has 0 saturated heterocycles. The van der Waals surface area contributed by atoms with Crippen molar-refractivity contribution in [2.45, 2.75) is 45.2 Å². The highest BCUT2D eigenvalue weighted by Gasteiger charge is 2.31. The van der Waals surface area contributed by atoms with E-state index in [-0.39, 0.29) is 5.92 Å². The molecule has 2 atom stereocenters. The highest BCUT2D eigenvalue weighted by molar-refractivity contribution is 5.78. The van der Waals surface area contributed by atoms with E-state index < -0.39 is 23.5 Å². The quantitative estimate of drug-likeness (QED) is 0.607. The van der Waals surface area contributed by atoms with Gasteiger partial charge in [0, 0.05) is 0 Å². The van der Waals surface area contributed by atoms with E-state index in [2.05, 4.69) is 5.32 Å². The van der Waals surface area contributed by atoms with Crippen molar-refractivity contribution in [3.05, 3.63) is 35.9 Å². The second-order valence-corrected chi connectivity index (χ2v) is 5.95. The average molecular weight is 324 g/mol. The molecule has 0 aliphatic carbocycles. The fourth-order valence-electron chi connectivity index (χ4n) is 1.59. The van der Waals surface area contributed by atoms with Crippen LogP contribution in [0.5, 0.6) is 0 Å². The lowest BCUT2D eigenvalue weighted by molar-refractivity contribution is -0.144. The van der Waals surface area contributed by atoms with E-state index in [0.29, 0.717) is 6.42 Å². The van der Waals surface area contributed by atoms with Gasteiger partial charge in [-0.25, -0.2) is 0 Å². The number of carbonyl (C=O) groups is 2. The summed E-state index contributed by atoms with van der Waals surface area (Å²) in [4.78, 5) is 21.0. The molecule has 6 nitrogen and oxygen atoms in total. The minimum atomic E-state index is -1.08. The van der Waals surface area contributed by atoms with E-state index in [4.69, 9.17) is 15.9 Å². The first-order chi connectivity index (χ1) is 10.6. The Morgan fingerprint density at radius 3 is 2.04 bits per heavy atom. The van der Waals surface area contributed by atoms with Crippen molar-refractivity contribution in [3.63, 3.8) is 0 Å². The first-order valence-corrected chi connectivity index (χ1v) is 7.59. The molecule has 6 heteroatoms. The largest absolute Gasteiger partial charge is 0.480 e. The number of carboxylic acid groups (broad SMARTS) is 2. The molecule has 1 aromatic carbocycles. The van der Waals surface area contributed by atoms with Crippen molar-refractivity contribution in [1.82, 2.24) is 5.32 Å². The van der Waals surface area contributed by atoms with E-state index in [1.807, 2.05) is 30.3 Å². The Morgan fingerprint density at radius 1 is 1.22 bits per heavy atom. The zero-order chi connectivity index (χ0) is 18.0. The van der Waals surface area contributed by atoms with Crippen molar-refractivity contribution in [3.8, 4) is 0 Å². The van der Waals surface area contributed by atoms with Crippen LogP contribution in [0.2, 0.25) is 0 Å². The Kier molecular flexibility index (Phi) is 9.14. The van der Waals surface area contributed by atoms with Gasteiger partial charge in [0.05, 0.1) is 0 Å². The molecule has 1 aromatic rings. The average Bonchev–Trinajstić information content (AvgIpc) is 2.49. The molecular formula is C17H28N2O4. The maximum Gasteiger partial charge on any atom is 0.323 e. The van der Waals surface area contributed by atoms with Gasteiger partial charge in [-0.05, 0) is 38.3 Å². The number of aliphatic carboxylic acids is 2. The fraction of sp³-hybridized carbons (Fsp3) is 0.529. The Bertz CT molecular complexity index is 487. The van der Waals surface area contributed by atoms with Crippen LogP contribution in [-0.4, -0.2) is 40.8 Å². The van der Waals surface area contributed by atoms with E-state index >= 15 is 0 Å². The molecule has 0 aliphatic rings. The van der Waals surface area contributed by atoms with Gasteiger partial charge in [0.2, 0.25) is 0 Å².